The lowest BCUT2D eigenvalue weighted by Crippen LogP contribution is -2.24. The van der Waals surface area contributed by atoms with Gasteiger partial charge in [0, 0.05) is 53.4 Å². The Kier molecular flexibility index (Phi) is 7.15. The Bertz CT molecular complexity index is 1860. The van der Waals surface area contributed by atoms with Gasteiger partial charge in [-0.3, -0.25) is 4.98 Å². The molecule has 6 rings (SSSR count). The number of aromatic nitrogens is 3. The summed E-state index contributed by atoms with van der Waals surface area (Å²) >= 11 is 0. The van der Waals surface area contributed by atoms with Crippen LogP contribution in [0.3, 0.4) is 0 Å². The number of hydrogen-bond donors (Lipinski definition) is 1. The van der Waals surface area contributed by atoms with E-state index in [0.717, 1.165) is 11.6 Å². The third-order valence-electron chi connectivity index (χ3n) is 7.25. The Labute approximate surface area is 238 Å². The van der Waals surface area contributed by atoms with Gasteiger partial charge in [0.2, 0.25) is 21.7 Å². The fourth-order valence-electron chi connectivity index (χ4n) is 5.19. The number of sulfonamides is 1. The van der Waals surface area contributed by atoms with E-state index in [4.69, 9.17) is 4.52 Å². The van der Waals surface area contributed by atoms with Gasteiger partial charge in [-0.1, -0.05) is 41.6 Å². The first-order valence-corrected chi connectivity index (χ1v) is 14.4. The number of alkyl halides is 3. The summed E-state index contributed by atoms with van der Waals surface area (Å²) in [5, 5.41) is 4.90. The van der Waals surface area contributed by atoms with E-state index in [1.54, 1.807) is 18.3 Å². The molecule has 1 aliphatic heterocycles. The molecule has 1 atom stereocenters. The molecule has 3 heterocycles. The standard InChI is InChI=1S/C29H23F4N5O3S/c30-24-14-20(29(31,32)33)6-7-21(24)19-11-13-38(17-19)25-8-9-26(22-10-12-34-15-23(22)25)42(39,40)35-16-27-36-28(37-41-27)18-4-2-1-3-5-18/h1-10,12,14-15,19,35H,11,13,16-17H2. The molecule has 1 N–H and O–H groups in total. The van der Waals surface area contributed by atoms with Gasteiger partial charge in [-0.25, -0.2) is 17.5 Å². The number of anilines is 1. The highest BCUT2D eigenvalue weighted by molar-refractivity contribution is 7.89. The maximum atomic E-state index is 14.7. The number of rotatable bonds is 7. The second-order valence-corrected chi connectivity index (χ2v) is 11.6. The van der Waals surface area contributed by atoms with Crippen LogP contribution in [0.15, 0.2) is 88.5 Å². The number of hydrogen-bond acceptors (Lipinski definition) is 7. The lowest BCUT2D eigenvalue weighted by Gasteiger charge is -2.22. The van der Waals surface area contributed by atoms with Crippen LogP contribution in [0.4, 0.5) is 23.2 Å². The van der Waals surface area contributed by atoms with Crippen molar-refractivity contribution < 1.29 is 30.5 Å². The molecule has 8 nitrogen and oxygen atoms in total. The molecule has 0 bridgehead atoms. The average molecular weight is 598 g/mol. The van der Waals surface area contributed by atoms with E-state index in [9.17, 15) is 26.0 Å². The molecular weight excluding hydrogens is 574 g/mol. The minimum Gasteiger partial charge on any atom is -0.370 e. The van der Waals surface area contributed by atoms with Gasteiger partial charge in [-0.2, -0.15) is 18.2 Å². The van der Waals surface area contributed by atoms with E-state index in [1.807, 2.05) is 35.2 Å². The number of pyridine rings is 1. The van der Waals surface area contributed by atoms with Crippen LogP contribution in [0.25, 0.3) is 22.2 Å². The van der Waals surface area contributed by atoms with Crippen molar-refractivity contribution in [2.24, 2.45) is 0 Å². The van der Waals surface area contributed by atoms with Crippen LogP contribution >= 0.6 is 0 Å². The molecule has 0 radical (unpaired) electrons. The van der Waals surface area contributed by atoms with Gasteiger partial charge in [-0.15, -0.1) is 0 Å². The maximum absolute atomic E-state index is 14.7. The van der Waals surface area contributed by atoms with Crippen LogP contribution in [0.2, 0.25) is 0 Å². The van der Waals surface area contributed by atoms with E-state index in [1.165, 1.54) is 18.3 Å². The van der Waals surface area contributed by atoms with Crippen molar-refractivity contribution in [1.82, 2.24) is 19.8 Å². The average Bonchev–Trinajstić information content (AvgIpc) is 3.66. The van der Waals surface area contributed by atoms with Crippen LogP contribution < -0.4 is 9.62 Å². The maximum Gasteiger partial charge on any atom is 0.416 e. The summed E-state index contributed by atoms with van der Waals surface area (Å²) in [6.07, 6.45) is -1.07. The molecule has 1 unspecified atom stereocenters. The molecule has 5 aromatic rings. The Morgan fingerprint density at radius 3 is 2.60 bits per heavy atom. The normalized spacial score (nSPS) is 15.9. The van der Waals surface area contributed by atoms with E-state index in [0.29, 0.717) is 47.9 Å². The summed E-state index contributed by atoms with van der Waals surface area (Å²) < 4.78 is 88.0. The smallest absolute Gasteiger partial charge is 0.370 e. The van der Waals surface area contributed by atoms with Crippen molar-refractivity contribution in [2.45, 2.75) is 30.0 Å². The van der Waals surface area contributed by atoms with Crippen LogP contribution in [0, 0.1) is 5.82 Å². The predicted molar refractivity (Wildman–Crippen MR) is 146 cm³/mol. The molecular formula is C29H23F4N5O3S. The number of nitrogens with zero attached hydrogens (tertiary/aromatic N) is 4. The largest absolute Gasteiger partial charge is 0.416 e. The van der Waals surface area contributed by atoms with Crippen molar-refractivity contribution in [1.29, 1.82) is 0 Å². The number of nitrogens with one attached hydrogen (secondary N) is 1. The molecule has 3 aromatic carbocycles. The molecule has 0 saturated carbocycles. The lowest BCUT2D eigenvalue weighted by molar-refractivity contribution is -0.137. The zero-order valence-corrected chi connectivity index (χ0v) is 22.7. The van der Waals surface area contributed by atoms with E-state index < -0.39 is 27.6 Å². The summed E-state index contributed by atoms with van der Waals surface area (Å²) in [6.45, 7) is 0.626. The van der Waals surface area contributed by atoms with Gasteiger partial charge in [0.25, 0.3) is 0 Å². The van der Waals surface area contributed by atoms with Crippen molar-refractivity contribution in [3.8, 4) is 11.4 Å². The molecule has 42 heavy (non-hydrogen) atoms. The zero-order chi connectivity index (χ0) is 29.5. The van der Waals surface area contributed by atoms with Gasteiger partial charge in [-0.05, 0) is 42.3 Å². The Balaban J connectivity index is 1.22. The topological polar surface area (TPSA) is 101 Å². The highest BCUT2D eigenvalue weighted by atomic mass is 32.2. The quantitative estimate of drug-likeness (QED) is 0.233. The fourth-order valence-corrected chi connectivity index (χ4v) is 6.37. The molecule has 216 valence electrons. The SMILES string of the molecule is O=S(=O)(NCc1nc(-c2ccccc2)no1)c1ccc(N2CCC(c3ccc(C(F)(F)F)cc3F)C2)c2cnccc12. The summed E-state index contributed by atoms with van der Waals surface area (Å²) in [5.74, 6) is -0.795. The Morgan fingerprint density at radius 2 is 1.83 bits per heavy atom. The number of benzene rings is 3. The zero-order valence-electron chi connectivity index (χ0n) is 21.8. The lowest BCUT2D eigenvalue weighted by atomic mass is 9.96. The second-order valence-electron chi connectivity index (χ2n) is 9.87. The molecule has 1 fully saturated rings. The van der Waals surface area contributed by atoms with E-state index in [2.05, 4.69) is 19.8 Å². The fraction of sp³-hybridized carbons (Fsp3) is 0.207. The van der Waals surface area contributed by atoms with Gasteiger partial charge >= 0.3 is 6.18 Å². The third kappa shape index (κ3) is 5.44. The van der Waals surface area contributed by atoms with Crippen molar-refractivity contribution in [2.75, 3.05) is 18.0 Å². The highest BCUT2D eigenvalue weighted by Gasteiger charge is 2.33. The van der Waals surface area contributed by atoms with E-state index >= 15 is 0 Å². The van der Waals surface area contributed by atoms with Crippen molar-refractivity contribution in [3.05, 3.63) is 102 Å². The van der Waals surface area contributed by atoms with Gasteiger partial charge in [0.05, 0.1) is 17.0 Å². The highest BCUT2D eigenvalue weighted by Crippen LogP contribution is 2.38. The van der Waals surface area contributed by atoms with E-state index in [-0.39, 0.29) is 28.8 Å². The number of fused-ring (bicyclic) bond motifs is 1. The predicted octanol–water partition coefficient (Wildman–Crippen LogP) is 5.92. The summed E-state index contributed by atoms with van der Waals surface area (Å²) in [5.41, 5.74) is 0.607. The molecule has 2 aromatic heterocycles. The summed E-state index contributed by atoms with van der Waals surface area (Å²) in [7, 11) is -4.02. The van der Waals surface area contributed by atoms with Crippen molar-refractivity contribution in [3.63, 3.8) is 0 Å². The Hall–Kier alpha value is -4.36. The molecule has 1 aliphatic rings. The minimum atomic E-state index is -4.62. The Morgan fingerprint density at radius 1 is 1.02 bits per heavy atom. The first-order chi connectivity index (χ1) is 20.1. The summed E-state index contributed by atoms with van der Waals surface area (Å²) in [6, 6.07) is 16.5. The van der Waals surface area contributed by atoms with Crippen molar-refractivity contribution >= 4 is 26.5 Å². The first kappa shape index (κ1) is 27.8. The molecule has 0 amide bonds. The summed E-state index contributed by atoms with van der Waals surface area (Å²) in [4.78, 5) is 10.4. The van der Waals surface area contributed by atoms with Crippen LogP contribution in [-0.4, -0.2) is 36.6 Å². The second kappa shape index (κ2) is 10.8. The molecule has 0 spiro atoms. The molecule has 13 heteroatoms. The van der Waals surface area contributed by atoms with Crippen LogP contribution in [-0.2, 0) is 22.7 Å². The minimum absolute atomic E-state index is 0.0241. The van der Waals surface area contributed by atoms with Gasteiger partial charge in [0.15, 0.2) is 0 Å². The van der Waals surface area contributed by atoms with Gasteiger partial charge < -0.3 is 9.42 Å². The van der Waals surface area contributed by atoms with Crippen LogP contribution in [0.5, 0.6) is 0 Å². The monoisotopic (exact) mass is 597 g/mol. The number of halogens is 4. The van der Waals surface area contributed by atoms with Crippen LogP contribution in [0.1, 0.15) is 29.4 Å². The first-order valence-electron chi connectivity index (χ1n) is 13.0. The third-order valence-corrected chi connectivity index (χ3v) is 8.71. The molecule has 0 aliphatic carbocycles. The molecule has 1 saturated heterocycles. The van der Waals surface area contributed by atoms with Gasteiger partial charge in [0.1, 0.15) is 5.82 Å².